The monoisotopic (exact) mass is 319 g/mol. The minimum absolute atomic E-state index is 0.618. The molecule has 0 unspecified atom stereocenters. The zero-order valence-corrected chi connectivity index (χ0v) is 13.6. The number of hydrogen-bond acceptors (Lipinski definition) is 5. The maximum Gasteiger partial charge on any atom is 0.159 e. The Morgan fingerprint density at radius 3 is 2.58 bits per heavy atom. The summed E-state index contributed by atoms with van der Waals surface area (Å²) in [5.41, 5.74) is 8.00. The number of nitrogens with one attached hydrogen (secondary N) is 1. The number of nitrogens with two attached hydrogens (primary N) is 1. The molecule has 0 aliphatic carbocycles. The molecule has 122 valence electrons. The fourth-order valence-electron chi connectivity index (χ4n) is 3.31. The molecule has 1 aliphatic rings. The Hall–Kier alpha value is -2.82. The molecule has 1 aliphatic heterocycles. The first-order chi connectivity index (χ1) is 11.8. The van der Waals surface area contributed by atoms with Gasteiger partial charge in [0, 0.05) is 24.2 Å². The zero-order valence-electron chi connectivity index (χ0n) is 13.6. The number of nitrogen functional groups attached to an aromatic ring is 1. The summed E-state index contributed by atoms with van der Waals surface area (Å²) in [6, 6.07) is 14.5. The van der Waals surface area contributed by atoms with Crippen LogP contribution in [0.1, 0.15) is 19.3 Å². The van der Waals surface area contributed by atoms with E-state index in [1.807, 2.05) is 24.3 Å². The molecule has 3 aromatic rings. The van der Waals surface area contributed by atoms with Crippen LogP contribution in [0.3, 0.4) is 0 Å². The van der Waals surface area contributed by atoms with Gasteiger partial charge in [0.2, 0.25) is 0 Å². The second-order valence-corrected chi connectivity index (χ2v) is 6.16. The first-order valence-corrected chi connectivity index (χ1v) is 8.43. The van der Waals surface area contributed by atoms with Gasteiger partial charge in [-0.1, -0.05) is 36.4 Å². The number of aromatic nitrogens is 2. The molecular weight excluding hydrogens is 298 g/mol. The number of piperidine rings is 1. The molecule has 0 amide bonds. The first kappa shape index (κ1) is 14.8. The highest BCUT2D eigenvalue weighted by Gasteiger charge is 2.17. The van der Waals surface area contributed by atoms with Gasteiger partial charge < -0.3 is 16.0 Å². The van der Waals surface area contributed by atoms with E-state index < -0.39 is 0 Å². The van der Waals surface area contributed by atoms with E-state index >= 15 is 0 Å². The second kappa shape index (κ2) is 6.35. The Bertz CT molecular complexity index is 850. The van der Waals surface area contributed by atoms with E-state index in [1.54, 1.807) is 6.33 Å². The highest BCUT2D eigenvalue weighted by molar-refractivity contribution is 5.96. The Morgan fingerprint density at radius 2 is 1.71 bits per heavy atom. The number of hydrogen-bond donors (Lipinski definition) is 2. The summed E-state index contributed by atoms with van der Waals surface area (Å²) in [5, 5.41) is 5.73. The highest BCUT2D eigenvalue weighted by Crippen LogP contribution is 2.32. The van der Waals surface area contributed by atoms with E-state index in [-0.39, 0.29) is 0 Å². The van der Waals surface area contributed by atoms with Crippen molar-refractivity contribution in [3.8, 4) is 0 Å². The van der Waals surface area contributed by atoms with Gasteiger partial charge in [0.05, 0.1) is 0 Å². The van der Waals surface area contributed by atoms with Crippen LogP contribution in [0.25, 0.3) is 10.8 Å². The van der Waals surface area contributed by atoms with E-state index in [4.69, 9.17) is 5.73 Å². The lowest BCUT2D eigenvalue weighted by Crippen LogP contribution is -2.31. The Balaban J connectivity index is 1.69. The van der Waals surface area contributed by atoms with Gasteiger partial charge in [0.25, 0.3) is 0 Å². The maximum atomic E-state index is 6.38. The van der Waals surface area contributed by atoms with Crippen LogP contribution < -0.4 is 16.0 Å². The summed E-state index contributed by atoms with van der Waals surface area (Å²) in [6.07, 6.45) is 5.25. The summed E-state index contributed by atoms with van der Waals surface area (Å²) in [6.45, 7) is 2.02. The molecule has 0 saturated carbocycles. The van der Waals surface area contributed by atoms with Gasteiger partial charge in [-0.25, -0.2) is 9.97 Å². The van der Waals surface area contributed by atoms with Crippen molar-refractivity contribution in [1.82, 2.24) is 9.97 Å². The topological polar surface area (TPSA) is 67.1 Å². The molecule has 0 atom stereocenters. The number of anilines is 4. The molecular formula is C19H21N5. The van der Waals surface area contributed by atoms with Crippen molar-refractivity contribution in [2.45, 2.75) is 19.3 Å². The van der Waals surface area contributed by atoms with Gasteiger partial charge in [-0.15, -0.1) is 0 Å². The highest BCUT2D eigenvalue weighted by atomic mass is 15.2. The minimum atomic E-state index is 0.618. The van der Waals surface area contributed by atoms with E-state index in [0.717, 1.165) is 30.0 Å². The average molecular weight is 319 g/mol. The van der Waals surface area contributed by atoms with Crippen molar-refractivity contribution in [1.29, 1.82) is 0 Å². The van der Waals surface area contributed by atoms with Crippen LogP contribution in [-0.4, -0.2) is 23.1 Å². The van der Waals surface area contributed by atoms with Crippen molar-refractivity contribution < 1.29 is 0 Å². The lowest BCUT2D eigenvalue weighted by Gasteiger charge is -2.29. The largest absolute Gasteiger partial charge is 0.393 e. The van der Waals surface area contributed by atoms with Crippen molar-refractivity contribution >= 4 is 33.8 Å². The third kappa shape index (κ3) is 2.73. The fourth-order valence-corrected chi connectivity index (χ4v) is 3.31. The summed E-state index contributed by atoms with van der Waals surface area (Å²) in [4.78, 5) is 11.0. The number of rotatable bonds is 3. The molecule has 3 N–H and O–H groups in total. The van der Waals surface area contributed by atoms with Crippen LogP contribution in [0.15, 0.2) is 48.8 Å². The van der Waals surface area contributed by atoms with Crippen molar-refractivity contribution in [3.05, 3.63) is 48.8 Å². The summed E-state index contributed by atoms with van der Waals surface area (Å²) in [5.74, 6) is 1.51. The summed E-state index contributed by atoms with van der Waals surface area (Å²) < 4.78 is 0. The Labute approximate surface area is 141 Å². The van der Waals surface area contributed by atoms with Crippen molar-refractivity contribution in [2.24, 2.45) is 0 Å². The lowest BCUT2D eigenvalue weighted by atomic mass is 10.1. The third-order valence-electron chi connectivity index (χ3n) is 4.56. The standard InChI is InChI=1S/C19H21N5/c20-17-18(21-13-22-19(17)24-11-4-1-5-12-24)23-16-10-6-8-14-7-2-3-9-15(14)16/h2-3,6-10,13H,1,4-5,11-12,20H2,(H,21,22,23). The second-order valence-electron chi connectivity index (χ2n) is 6.16. The van der Waals surface area contributed by atoms with Crippen LogP contribution in [0.4, 0.5) is 23.0 Å². The van der Waals surface area contributed by atoms with E-state index in [9.17, 15) is 0 Å². The lowest BCUT2D eigenvalue weighted by molar-refractivity contribution is 0.574. The number of benzene rings is 2. The number of fused-ring (bicyclic) bond motifs is 1. The molecule has 2 heterocycles. The molecule has 5 heteroatoms. The SMILES string of the molecule is Nc1c(Nc2cccc3ccccc23)ncnc1N1CCCCC1. The van der Waals surface area contributed by atoms with Crippen LogP contribution in [-0.2, 0) is 0 Å². The van der Waals surface area contributed by atoms with Gasteiger partial charge in [0.1, 0.15) is 12.0 Å². The van der Waals surface area contributed by atoms with E-state index in [1.165, 1.54) is 24.6 Å². The molecule has 0 bridgehead atoms. The quantitative estimate of drug-likeness (QED) is 0.765. The van der Waals surface area contributed by atoms with E-state index in [0.29, 0.717) is 11.5 Å². The predicted octanol–water partition coefficient (Wildman–Crippen LogP) is 3.95. The molecule has 2 aromatic carbocycles. The van der Waals surface area contributed by atoms with Crippen molar-refractivity contribution in [3.63, 3.8) is 0 Å². The molecule has 1 aromatic heterocycles. The molecule has 24 heavy (non-hydrogen) atoms. The van der Waals surface area contributed by atoms with Gasteiger partial charge >= 0.3 is 0 Å². The third-order valence-corrected chi connectivity index (χ3v) is 4.56. The van der Waals surface area contributed by atoms with Gasteiger partial charge in [0.15, 0.2) is 11.6 Å². The average Bonchev–Trinajstić information content (AvgIpc) is 2.64. The number of nitrogens with zero attached hydrogens (tertiary/aromatic N) is 3. The first-order valence-electron chi connectivity index (χ1n) is 8.43. The molecule has 1 fully saturated rings. The molecule has 1 saturated heterocycles. The van der Waals surface area contributed by atoms with Crippen LogP contribution >= 0.6 is 0 Å². The summed E-state index contributed by atoms with van der Waals surface area (Å²) in [7, 11) is 0. The molecule has 0 radical (unpaired) electrons. The smallest absolute Gasteiger partial charge is 0.159 e. The zero-order chi connectivity index (χ0) is 16.4. The van der Waals surface area contributed by atoms with Crippen LogP contribution in [0.2, 0.25) is 0 Å². The van der Waals surface area contributed by atoms with Crippen LogP contribution in [0.5, 0.6) is 0 Å². The molecule has 0 spiro atoms. The van der Waals surface area contributed by atoms with Gasteiger partial charge in [-0.2, -0.15) is 0 Å². The van der Waals surface area contributed by atoms with Gasteiger partial charge in [-0.05, 0) is 30.7 Å². The Morgan fingerprint density at radius 1 is 0.917 bits per heavy atom. The maximum absolute atomic E-state index is 6.38. The summed E-state index contributed by atoms with van der Waals surface area (Å²) >= 11 is 0. The normalized spacial score (nSPS) is 14.8. The van der Waals surface area contributed by atoms with Crippen molar-refractivity contribution in [2.75, 3.05) is 29.0 Å². The van der Waals surface area contributed by atoms with Crippen LogP contribution in [0, 0.1) is 0 Å². The minimum Gasteiger partial charge on any atom is -0.393 e. The predicted molar refractivity (Wildman–Crippen MR) is 99.7 cm³/mol. The van der Waals surface area contributed by atoms with Gasteiger partial charge in [-0.3, -0.25) is 0 Å². The van der Waals surface area contributed by atoms with E-state index in [2.05, 4.69) is 38.4 Å². The molecule has 5 nitrogen and oxygen atoms in total. The fraction of sp³-hybridized carbons (Fsp3) is 0.263. The Kier molecular flexibility index (Phi) is 3.91. The molecule has 4 rings (SSSR count).